The molecule has 2 rings (SSSR count). The maximum Gasteiger partial charge on any atom is 0.344 e. The zero-order valence-electron chi connectivity index (χ0n) is 10.4. The number of aromatic nitrogens is 1. The van der Waals surface area contributed by atoms with Gasteiger partial charge in [-0.1, -0.05) is 5.16 Å². The van der Waals surface area contributed by atoms with Crippen LogP contribution < -0.4 is 0 Å². The van der Waals surface area contributed by atoms with Crippen molar-refractivity contribution in [3.63, 3.8) is 0 Å². The Labute approximate surface area is 100 Å². The molecule has 5 nitrogen and oxygen atoms in total. The topological polar surface area (TPSA) is 61.6 Å². The number of hydrogen-bond donors (Lipinski definition) is 0. The maximum atomic E-state index is 12.0. The number of rotatable bonds is 3. The van der Waals surface area contributed by atoms with Crippen LogP contribution >= 0.6 is 0 Å². The van der Waals surface area contributed by atoms with Crippen molar-refractivity contribution in [2.24, 2.45) is 0 Å². The average molecular weight is 239 g/mol. The predicted molar refractivity (Wildman–Crippen MR) is 59.8 cm³/mol. The molecule has 5 heteroatoms. The highest BCUT2D eigenvalue weighted by Gasteiger charge is 2.32. The van der Waals surface area contributed by atoms with Crippen LogP contribution in [0.3, 0.4) is 0 Å². The summed E-state index contributed by atoms with van der Waals surface area (Å²) in [5.74, 6) is 0.134. The van der Waals surface area contributed by atoms with Crippen LogP contribution in [0.4, 0.5) is 0 Å². The summed E-state index contributed by atoms with van der Waals surface area (Å²) in [5, 5.41) is 3.74. The summed E-state index contributed by atoms with van der Waals surface area (Å²) in [7, 11) is 1.65. The first-order valence-corrected chi connectivity index (χ1v) is 5.80. The van der Waals surface area contributed by atoms with Crippen molar-refractivity contribution in [3.8, 4) is 0 Å². The van der Waals surface area contributed by atoms with Gasteiger partial charge in [0.1, 0.15) is 17.4 Å². The van der Waals surface area contributed by atoms with E-state index >= 15 is 0 Å². The van der Waals surface area contributed by atoms with E-state index in [0.29, 0.717) is 17.0 Å². The minimum Gasteiger partial charge on any atom is -0.456 e. The van der Waals surface area contributed by atoms with Crippen molar-refractivity contribution in [2.45, 2.75) is 45.3 Å². The summed E-state index contributed by atoms with van der Waals surface area (Å²) in [5.41, 5.74) is 1.01. The predicted octanol–water partition coefficient (Wildman–Crippen LogP) is 2.02. The highest BCUT2D eigenvalue weighted by molar-refractivity contribution is 5.91. The van der Waals surface area contributed by atoms with Crippen LogP contribution in [0.15, 0.2) is 4.52 Å². The van der Waals surface area contributed by atoms with E-state index in [2.05, 4.69) is 5.16 Å². The number of carbonyl (C=O) groups excluding carboxylic acids is 1. The molecule has 0 saturated heterocycles. The smallest absolute Gasteiger partial charge is 0.344 e. The molecule has 1 saturated carbocycles. The molecular formula is C12H17NO4. The Morgan fingerprint density at radius 1 is 1.35 bits per heavy atom. The number of ether oxygens (including phenoxy) is 2. The standard InChI is InChI=1S/C12H17NO4/c1-7-11(8(2)17-13-7)12(14)16-10-6-4-5-9(10)15-3/h9-10H,4-6H2,1-3H3. The van der Waals surface area contributed by atoms with E-state index in [1.165, 1.54) is 0 Å². The number of nitrogens with zero attached hydrogens (tertiary/aromatic N) is 1. The molecule has 1 heterocycles. The van der Waals surface area contributed by atoms with Gasteiger partial charge in [0.05, 0.1) is 11.8 Å². The van der Waals surface area contributed by atoms with Gasteiger partial charge in [-0.05, 0) is 33.1 Å². The second-order valence-corrected chi connectivity index (χ2v) is 4.35. The zero-order valence-corrected chi connectivity index (χ0v) is 10.4. The largest absolute Gasteiger partial charge is 0.456 e. The monoisotopic (exact) mass is 239 g/mol. The summed E-state index contributed by atoms with van der Waals surface area (Å²) in [4.78, 5) is 12.0. The summed E-state index contributed by atoms with van der Waals surface area (Å²) in [6.45, 7) is 3.44. The quantitative estimate of drug-likeness (QED) is 0.755. The van der Waals surface area contributed by atoms with Gasteiger partial charge in [-0.25, -0.2) is 4.79 Å². The maximum absolute atomic E-state index is 12.0. The van der Waals surface area contributed by atoms with Crippen LogP contribution in [0, 0.1) is 13.8 Å². The molecule has 0 aliphatic heterocycles. The Balaban J connectivity index is 2.07. The first-order chi connectivity index (χ1) is 8.13. The lowest BCUT2D eigenvalue weighted by Gasteiger charge is -2.18. The van der Waals surface area contributed by atoms with Gasteiger partial charge in [-0.2, -0.15) is 0 Å². The van der Waals surface area contributed by atoms with Crippen molar-refractivity contribution in [1.82, 2.24) is 5.16 Å². The van der Waals surface area contributed by atoms with Crippen LogP contribution in [0.25, 0.3) is 0 Å². The summed E-state index contributed by atoms with van der Waals surface area (Å²) in [6.07, 6.45) is 2.68. The molecule has 2 atom stereocenters. The fourth-order valence-electron chi connectivity index (χ4n) is 2.27. The van der Waals surface area contributed by atoms with Crippen molar-refractivity contribution in [2.75, 3.05) is 7.11 Å². The van der Waals surface area contributed by atoms with Gasteiger partial charge in [0.2, 0.25) is 0 Å². The fraction of sp³-hybridized carbons (Fsp3) is 0.667. The molecule has 1 aromatic heterocycles. The van der Waals surface area contributed by atoms with E-state index in [4.69, 9.17) is 14.0 Å². The van der Waals surface area contributed by atoms with Gasteiger partial charge in [0.15, 0.2) is 0 Å². The van der Waals surface area contributed by atoms with Crippen LogP contribution in [0.1, 0.15) is 41.1 Å². The van der Waals surface area contributed by atoms with Crippen LogP contribution in [0.5, 0.6) is 0 Å². The summed E-state index contributed by atoms with van der Waals surface area (Å²) < 4.78 is 15.7. The molecule has 17 heavy (non-hydrogen) atoms. The van der Waals surface area contributed by atoms with Crippen LogP contribution in [-0.4, -0.2) is 30.4 Å². The van der Waals surface area contributed by atoms with Gasteiger partial charge in [0.25, 0.3) is 0 Å². The van der Waals surface area contributed by atoms with E-state index < -0.39 is 0 Å². The van der Waals surface area contributed by atoms with Gasteiger partial charge in [-0.15, -0.1) is 0 Å². The van der Waals surface area contributed by atoms with E-state index in [9.17, 15) is 4.79 Å². The fourth-order valence-corrected chi connectivity index (χ4v) is 2.27. The second-order valence-electron chi connectivity index (χ2n) is 4.35. The first-order valence-electron chi connectivity index (χ1n) is 5.80. The van der Waals surface area contributed by atoms with Gasteiger partial charge < -0.3 is 14.0 Å². The number of esters is 1. The highest BCUT2D eigenvalue weighted by atomic mass is 16.6. The summed E-state index contributed by atoms with van der Waals surface area (Å²) in [6, 6.07) is 0. The minimum atomic E-state index is -0.366. The lowest BCUT2D eigenvalue weighted by atomic mass is 10.2. The number of methoxy groups -OCH3 is 1. The second kappa shape index (κ2) is 4.87. The van der Waals surface area contributed by atoms with Gasteiger partial charge in [0, 0.05) is 7.11 Å². The Bertz CT molecular complexity index is 393. The third kappa shape index (κ3) is 2.34. The molecule has 0 N–H and O–H groups in total. The molecular weight excluding hydrogens is 222 g/mol. The summed E-state index contributed by atoms with van der Waals surface area (Å²) >= 11 is 0. The van der Waals surface area contributed by atoms with E-state index in [1.807, 2.05) is 0 Å². The lowest BCUT2D eigenvalue weighted by Crippen LogP contribution is -2.28. The van der Waals surface area contributed by atoms with Crippen molar-refractivity contribution < 1.29 is 18.8 Å². The van der Waals surface area contributed by atoms with Crippen LogP contribution in [-0.2, 0) is 9.47 Å². The Morgan fingerprint density at radius 3 is 2.65 bits per heavy atom. The molecule has 1 fully saturated rings. The third-order valence-electron chi connectivity index (χ3n) is 3.19. The minimum absolute atomic E-state index is 0.0134. The molecule has 0 radical (unpaired) electrons. The van der Waals surface area contributed by atoms with Crippen LogP contribution in [0.2, 0.25) is 0 Å². The van der Waals surface area contributed by atoms with E-state index in [-0.39, 0.29) is 18.2 Å². The van der Waals surface area contributed by atoms with Crippen molar-refractivity contribution in [1.29, 1.82) is 0 Å². The van der Waals surface area contributed by atoms with Crippen molar-refractivity contribution in [3.05, 3.63) is 17.0 Å². The van der Waals surface area contributed by atoms with E-state index in [1.54, 1.807) is 21.0 Å². The molecule has 1 aliphatic carbocycles. The first kappa shape index (κ1) is 12.1. The molecule has 0 aromatic carbocycles. The molecule has 1 aromatic rings. The van der Waals surface area contributed by atoms with Crippen molar-refractivity contribution >= 4 is 5.97 Å². The third-order valence-corrected chi connectivity index (χ3v) is 3.19. The normalized spacial score (nSPS) is 23.9. The van der Waals surface area contributed by atoms with E-state index in [0.717, 1.165) is 19.3 Å². The Kier molecular flexibility index (Phi) is 3.47. The molecule has 2 unspecified atom stereocenters. The molecule has 0 amide bonds. The number of carbonyl (C=O) groups is 1. The highest BCUT2D eigenvalue weighted by Crippen LogP contribution is 2.26. The molecule has 1 aliphatic rings. The number of hydrogen-bond acceptors (Lipinski definition) is 5. The lowest BCUT2D eigenvalue weighted by molar-refractivity contribution is -0.0208. The zero-order chi connectivity index (χ0) is 12.4. The SMILES string of the molecule is COC1CCCC1OC(=O)c1c(C)noc1C. The molecule has 0 bridgehead atoms. The van der Waals surface area contributed by atoms with Gasteiger partial charge in [-0.3, -0.25) is 0 Å². The molecule has 0 spiro atoms. The average Bonchev–Trinajstić information content (AvgIpc) is 2.85. The van der Waals surface area contributed by atoms with Gasteiger partial charge >= 0.3 is 5.97 Å². The number of aryl methyl sites for hydroxylation is 2. The Morgan fingerprint density at radius 2 is 2.06 bits per heavy atom. The molecule has 94 valence electrons. The Hall–Kier alpha value is -1.36.